The minimum atomic E-state index is -2.80. The van der Waals surface area contributed by atoms with Crippen molar-refractivity contribution in [2.24, 2.45) is 5.73 Å². The van der Waals surface area contributed by atoms with Gasteiger partial charge >= 0.3 is 0 Å². The van der Waals surface area contributed by atoms with Gasteiger partial charge < -0.3 is 5.73 Å². The lowest BCUT2D eigenvalue weighted by Crippen LogP contribution is -2.48. The summed E-state index contributed by atoms with van der Waals surface area (Å²) in [7, 11) is -2.80. The monoisotopic (exact) mass is 246 g/mol. The largest absolute Gasteiger partial charge is 0.328 e. The molecule has 0 bridgehead atoms. The molecule has 0 amide bonds. The van der Waals surface area contributed by atoms with Crippen LogP contribution in [-0.2, 0) is 9.84 Å². The van der Waals surface area contributed by atoms with Gasteiger partial charge in [-0.3, -0.25) is 4.90 Å². The quantitative estimate of drug-likeness (QED) is 0.765. The van der Waals surface area contributed by atoms with Crippen LogP contribution in [0.1, 0.15) is 32.6 Å². The van der Waals surface area contributed by atoms with Gasteiger partial charge in [-0.15, -0.1) is 0 Å². The summed E-state index contributed by atoms with van der Waals surface area (Å²) in [6.45, 7) is 3.82. The molecule has 94 valence electrons. The third-order valence-electron chi connectivity index (χ3n) is 3.96. The molecule has 2 saturated heterocycles. The molecule has 2 heterocycles. The summed E-state index contributed by atoms with van der Waals surface area (Å²) >= 11 is 0. The molecule has 16 heavy (non-hydrogen) atoms. The number of hydrogen-bond acceptors (Lipinski definition) is 4. The SMILES string of the molecule is CC1CC(N)CCN1CC1CCCS1(=O)=O. The smallest absolute Gasteiger partial charge is 0.154 e. The second-order valence-corrected chi connectivity index (χ2v) is 7.66. The van der Waals surface area contributed by atoms with Crippen LogP contribution in [0, 0.1) is 0 Å². The molecule has 2 rings (SSSR count). The molecule has 3 atom stereocenters. The van der Waals surface area contributed by atoms with Crippen LogP contribution >= 0.6 is 0 Å². The minimum Gasteiger partial charge on any atom is -0.328 e. The molecule has 0 aromatic rings. The summed E-state index contributed by atoms with van der Waals surface area (Å²) in [5, 5.41) is -0.121. The van der Waals surface area contributed by atoms with Crippen molar-refractivity contribution in [3.8, 4) is 0 Å². The summed E-state index contributed by atoms with van der Waals surface area (Å²) < 4.78 is 23.5. The second kappa shape index (κ2) is 4.63. The highest BCUT2D eigenvalue weighted by Gasteiger charge is 2.34. The van der Waals surface area contributed by atoms with Crippen LogP contribution in [0.3, 0.4) is 0 Å². The van der Waals surface area contributed by atoms with E-state index in [0.717, 1.165) is 38.8 Å². The first-order valence-electron chi connectivity index (χ1n) is 6.20. The molecule has 0 radical (unpaired) electrons. The molecule has 0 saturated carbocycles. The van der Waals surface area contributed by atoms with E-state index in [1.54, 1.807) is 0 Å². The molecule has 2 N–H and O–H groups in total. The fourth-order valence-electron chi connectivity index (χ4n) is 2.85. The predicted octanol–water partition coefficient (Wildman–Crippen LogP) is 0.375. The van der Waals surface area contributed by atoms with Crippen LogP contribution in [0.25, 0.3) is 0 Å². The van der Waals surface area contributed by atoms with Gasteiger partial charge in [0.2, 0.25) is 0 Å². The topological polar surface area (TPSA) is 63.4 Å². The normalized spacial score (nSPS) is 40.0. The fourth-order valence-corrected chi connectivity index (χ4v) is 4.70. The van der Waals surface area contributed by atoms with E-state index in [2.05, 4.69) is 11.8 Å². The molecule has 0 aromatic carbocycles. The standard InChI is InChI=1S/C11H22N2O2S/c1-9-7-10(12)4-5-13(9)8-11-3-2-6-16(11,14)15/h9-11H,2-8,12H2,1H3. The van der Waals surface area contributed by atoms with Crippen LogP contribution in [0.4, 0.5) is 0 Å². The van der Waals surface area contributed by atoms with Crippen molar-refractivity contribution < 1.29 is 8.42 Å². The summed E-state index contributed by atoms with van der Waals surface area (Å²) in [5.74, 6) is 0.388. The van der Waals surface area contributed by atoms with Crippen molar-refractivity contribution in [3.05, 3.63) is 0 Å². The molecule has 4 nitrogen and oxygen atoms in total. The van der Waals surface area contributed by atoms with Gasteiger partial charge in [-0.25, -0.2) is 8.42 Å². The third-order valence-corrected chi connectivity index (χ3v) is 6.21. The van der Waals surface area contributed by atoms with E-state index in [1.807, 2.05) is 0 Å². The van der Waals surface area contributed by atoms with Gasteiger partial charge in [-0.2, -0.15) is 0 Å². The van der Waals surface area contributed by atoms with E-state index in [1.165, 1.54) is 0 Å². The molecule has 0 aromatic heterocycles. The highest BCUT2D eigenvalue weighted by molar-refractivity contribution is 7.92. The Morgan fingerprint density at radius 2 is 2.12 bits per heavy atom. The Labute approximate surface area is 98.1 Å². The summed E-state index contributed by atoms with van der Waals surface area (Å²) in [6, 6.07) is 0.728. The van der Waals surface area contributed by atoms with E-state index in [4.69, 9.17) is 5.73 Å². The van der Waals surface area contributed by atoms with Gasteiger partial charge in [-0.05, 0) is 39.2 Å². The molecule has 2 aliphatic rings. The Morgan fingerprint density at radius 1 is 1.38 bits per heavy atom. The summed E-state index contributed by atoms with van der Waals surface area (Å²) in [5.41, 5.74) is 5.90. The Hall–Kier alpha value is -0.130. The zero-order valence-electron chi connectivity index (χ0n) is 9.93. The maximum Gasteiger partial charge on any atom is 0.154 e. The summed E-state index contributed by atoms with van der Waals surface area (Å²) in [4.78, 5) is 2.30. The lowest BCUT2D eigenvalue weighted by atomic mass is 9.99. The number of nitrogens with zero attached hydrogens (tertiary/aromatic N) is 1. The highest BCUT2D eigenvalue weighted by atomic mass is 32.2. The number of rotatable bonds is 2. The first-order valence-corrected chi connectivity index (χ1v) is 7.92. The molecular formula is C11H22N2O2S. The van der Waals surface area contributed by atoms with Crippen molar-refractivity contribution in [1.29, 1.82) is 0 Å². The zero-order valence-corrected chi connectivity index (χ0v) is 10.7. The molecule has 0 spiro atoms. The number of likely N-dealkylation sites (tertiary alicyclic amines) is 1. The minimum absolute atomic E-state index is 0.121. The number of hydrogen-bond donors (Lipinski definition) is 1. The van der Waals surface area contributed by atoms with E-state index in [0.29, 0.717) is 17.8 Å². The van der Waals surface area contributed by atoms with E-state index in [9.17, 15) is 8.42 Å². The Kier molecular flexibility index (Phi) is 3.56. The maximum absolute atomic E-state index is 11.8. The van der Waals surface area contributed by atoms with Crippen molar-refractivity contribution in [3.63, 3.8) is 0 Å². The van der Waals surface area contributed by atoms with Crippen LogP contribution in [0.2, 0.25) is 0 Å². The van der Waals surface area contributed by atoms with Crippen LogP contribution in [-0.4, -0.2) is 49.5 Å². The average Bonchev–Trinajstić information content (AvgIpc) is 2.50. The van der Waals surface area contributed by atoms with Crippen LogP contribution < -0.4 is 5.73 Å². The van der Waals surface area contributed by atoms with Gasteiger partial charge in [-0.1, -0.05) is 0 Å². The van der Waals surface area contributed by atoms with Gasteiger partial charge in [0.25, 0.3) is 0 Å². The predicted molar refractivity (Wildman–Crippen MR) is 65.1 cm³/mol. The molecular weight excluding hydrogens is 224 g/mol. The first-order chi connectivity index (χ1) is 7.49. The highest BCUT2D eigenvalue weighted by Crippen LogP contribution is 2.24. The number of piperidine rings is 1. The van der Waals surface area contributed by atoms with E-state index < -0.39 is 9.84 Å². The number of sulfone groups is 1. The van der Waals surface area contributed by atoms with Crippen molar-refractivity contribution in [2.75, 3.05) is 18.8 Å². The molecule has 5 heteroatoms. The molecule has 2 aliphatic heterocycles. The van der Waals surface area contributed by atoms with E-state index in [-0.39, 0.29) is 5.25 Å². The van der Waals surface area contributed by atoms with Gasteiger partial charge in [0, 0.05) is 18.6 Å². The second-order valence-electron chi connectivity index (χ2n) is 5.26. The van der Waals surface area contributed by atoms with Crippen LogP contribution in [0.15, 0.2) is 0 Å². The lowest BCUT2D eigenvalue weighted by molar-refractivity contribution is 0.147. The number of nitrogens with two attached hydrogens (primary N) is 1. The Balaban J connectivity index is 1.95. The molecule has 2 fully saturated rings. The van der Waals surface area contributed by atoms with Crippen LogP contribution in [0.5, 0.6) is 0 Å². The maximum atomic E-state index is 11.8. The van der Waals surface area contributed by atoms with Gasteiger partial charge in [0.05, 0.1) is 11.0 Å². The molecule has 3 unspecified atom stereocenters. The first kappa shape index (κ1) is 12.3. The zero-order chi connectivity index (χ0) is 11.8. The Morgan fingerprint density at radius 3 is 2.69 bits per heavy atom. The van der Waals surface area contributed by atoms with Gasteiger partial charge in [0.1, 0.15) is 0 Å². The van der Waals surface area contributed by atoms with E-state index >= 15 is 0 Å². The van der Waals surface area contributed by atoms with Crippen molar-refractivity contribution >= 4 is 9.84 Å². The Bertz CT molecular complexity index is 342. The van der Waals surface area contributed by atoms with Crippen molar-refractivity contribution in [1.82, 2.24) is 4.90 Å². The lowest BCUT2D eigenvalue weighted by Gasteiger charge is -2.37. The average molecular weight is 246 g/mol. The van der Waals surface area contributed by atoms with Gasteiger partial charge in [0.15, 0.2) is 9.84 Å². The third kappa shape index (κ3) is 2.57. The van der Waals surface area contributed by atoms with Crippen molar-refractivity contribution in [2.45, 2.75) is 49.9 Å². The fraction of sp³-hybridized carbons (Fsp3) is 1.00. The summed E-state index contributed by atoms with van der Waals surface area (Å²) in [6.07, 6.45) is 3.68. The molecule has 0 aliphatic carbocycles.